The summed E-state index contributed by atoms with van der Waals surface area (Å²) in [5, 5.41) is 9.12. The molecule has 2 aromatic rings. The van der Waals surface area contributed by atoms with Crippen LogP contribution >= 0.6 is 12.4 Å². The maximum Gasteiger partial charge on any atom is 0.333 e. The van der Waals surface area contributed by atoms with E-state index in [0.717, 1.165) is 29.8 Å². The van der Waals surface area contributed by atoms with Crippen LogP contribution in [0.1, 0.15) is 24.5 Å². The minimum atomic E-state index is -0.940. The van der Waals surface area contributed by atoms with Gasteiger partial charge >= 0.3 is 5.97 Å². The second-order valence-electron chi connectivity index (χ2n) is 5.82. The van der Waals surface area contributed by atoms with E-state index in [2.05, 4.69) is 0 Å². The lowest BCUT2D eigenvalue weighted by Crippen LogP contribution is -2.26. The fourth-order valence-corrected chi connectivity index (χ4v) is 2.51. The minimum Gasteiger partial charge on any atom is -0.494 e. The molecule has 0 aliphatic heterocycles. The summed E-state index contributed by atoms with van der Waals surface area (Å²) in [6.07, 6.45) is 1.39. The summed E-state index contributed by atoms with van der Waals surface area (Å²) in [6, 6.07) is 15.4. The van der Waals surface area contributed by atoms with E-state index in [-0.39, 0.29) is 12.4 Å². The molecule has 0 radical (unpaired) electrons. The third kappa shape index (κ3) is 7.33. The Morgan fingerprint density at radius 1 is 1.08 bits per heavy atom. The van der Waals surface area contributed by atoms with Gasteiger partial charge in [-0.2, -0.15) is 0 Å². The highest BCUT2D eigenvalue weighted by molar-refractivity contribution is 5.85. The van der Waals surface area contributed by atoms with E-state index in [0.29, 0.717) is 19.6 Å². The van der Waals surface area contributed by atoms with Crippen LogP contribution in [0.2, 0.25) is 0 Å². The lowest BCUT2D eigenvalue weighted by Gasteiger charge is -2.13. The number of nitrogen functional groups attached to an aromatic ring is 1. The van der Waals surface area contributed by atoms with Crippen molar-refractivity contribution in [2.45, 2.75) is 32.3 Å². The molecule has 0 aliphatic carbocycles. The molecule has 0 heterocycles. The Hall–Kier alpha value is -2.24. The van der Waals surface area contributed by atoms with Gasteiger partial charge in [0.05, 0.1) is 6.61 Å². The zero-order chi connectivity index (χ0) is 18.1. The van der Waals surface area contributed by atoms with Crippen molar-refractivity contribution in [3.63, 3.8) is 0 Å². The zero-order valence-corrected chi connectivity index (χ0v) is 15.7. The first kappa shape index (κ1) is 21.8. The number of carbonyl (C=O) groups is 1. The average molecular weight is 380 g/mol. The summed E-state index contributed by atoms with van der Waals surface area (Å²) < 4.78 is 11.0. The Bertz CT molecular complexity index is 659. The van der Waals surface area contributed by atoms with Gasteiger partial charge < -0.3 is 20.3 Å². The number of carboxylic acid groups (broad SMARTS) is 1. The maximum absolute atomic E-state index is 11.1. The molecule has 0 amide bonds. The van der Waals surface area contributed by atoms with Crippen LogP contribution in [0.3, 0.4) is 0 Å². The summed E-state index contributed by atoms with van der Waals surface area (Å²) in [5.74, 6) is -0.158. The van der Waals surface area contributed by atoms with Gasteiger partial charge in [-0.3, -0.25) is 0 Å². The summed E-state index contributed by atoms with van der Waals surface area (Å²) >= 11 is 0. The van der Waals surface area contributed by atoms with E-state index in [1.54, 1.807) is 6.92 Å². The van der Waals surface area contributed by atoms with Gasteiger partial charge in [0.1, 0.15) is 5.75 Å². The molecular formula is C20H26ClNO4. The van der Waals surface area contributed by atoms with Crippen molar-refractivity contribution in [3.8, 4) is 5.75 Å². The highest BCUT2D eigenvalue weighted by Gasteiger charge is 2.17. The monoisotopic (exact) mass is 379 g/mol. The van der Waals surface area contributed by atoms with Gasteiger partial charge in [-0.05, 0) is 55.2 Å². The number of benzene rings is 2. The molecule has 2 rings (SSSR count). The number of ether oxygens (including phenoxy) is 2. The Kier molecular flexibility index (Phi) is 9.55. The van der Waals surface area contributed by atoms with Gasteiger partial charge in [-0.1, -0.05) is 24.3 Å². The summed E-state index contributed by atoms with van der Waals surface area (Å²) in [7, 11) is 0. The maximum atomic E-state index is 11.1. The van der Waals surface area contributed by atoms with E-state index in [9.17, 15) is 4.79 Å². The van der Waals surface area contributed by atoms with E-state index < -0.39 is 12.1 Å². The molecule has 1 atom stereocenters. The van der Waals surface area contributed by atoms with Crippen molar-refractivity contribution in [2.24, 2.45) is 0 Å². The number of hydrogen-bond donors (Lipinski definition) is 2. The fourth-order valence-electron chi connectivity index (χ4n) is 2.51. The standard InChI is InChI=1S/C20H25NO4.ClH/c1-2-24-19(20(22)23)14-16-7-11-18(12-8-16)25-13-3-4-15-5-9-17(21)10-6-15;/h5-12,19H,2-4,13-14,21H2,1H3,(H,22,23);1H. The Labute approximate surface area is 160 Å². The zero-order valence-electron chi connectivity index (χ0n) is 14.9. The molecule has 0 aliphatic rings. The highest BCUT2D eigenvalue weighted by atomic mass is 35.5. The van der Waals surface area contributed by atoms with Crippen molar-refractivity contribution in [2.75, 3.05) is 18.9 Å². The molecule has 6 heteroatoms. The third-order valence-electron chi connectivity index (χ3n) is 3.85. The summed E-state index contributed by atoms with van der Waals surface area (Å²) in [6.45, 7) is 2.80. The SMILES string of the molecule is CCOC(Cc1ccc(OCCCc2ccc(N)cc2)cc1)C(=O)O.Cl. The van der Waals surface area contributed by atoms with Crippen LogP contribution in [0.25, 0.3) is 0 Å². The molecule has 0 aromatic heterocycles. The van der Waals surface area contributed by atoms with Crippen molar-refractivity contribution < 1.29 is 19.4 Å². The van der Waals surface area contributed by atoms with Crippen molar-refractivity contribution in [1.82, 2.24) is 0 Å². The minimum absolute atomic E-state index is 0. The van der Waals surface area contributed by atoms with E-state index in [1.165, 1.54) is 5.56 Å². The predicted molar refractivity (Wildman–Crippen MR) is 105 cm³/mol. The lowest BCUT2D eigenvalue weighted by molar-refractivity contribution is -0.149. The van der Waals surface area contributed by atoms with Gasteiger partial charge in [0.15, 0.2) is 6.10 Å². The van der Waals surface area contributed by atoms with Crippen LogP contribution in [0.4, 0.5) is 5.69 Å². The Morgan fingerprint density at radius 2 is 1.69 bits per heavy atom. The van der Waals surface area contributed by atoms with E-state index in [4.69, 9.17) is 20.3 Å². The van der Waals surface area contributed by atoms with Gasteiger partial charge in [-0.15, -0.1) is 12.4 Å². The van der Waals surface area contributed by atoms with Crippen molar-refractivity contribution >= 4 is 24.1 Å². The molecule has 0 spiro atoms. The summed E-state index contributed by atoms with van der Waals surface area (Å²) in [5.41, 5.74) is 8.59. The number of hydrogen-bond acceptors (Lipinski definition) is 4. The van der Waals surface area contributed by atoms with Crippen molar-refractivity contribution in [1.29, 1.82) is 0 Å². The van der Waals surface area contributed by atoms with Crippen molar-refractivity contribution in [3.05, 3.63) is 59.7 Å². The highest BCUT2D eigenvalue weighted by Crippen LogP contribution is 2.15. The van der Waals surface area contributed by atoms with E-state index in [1.807, 2.05) is 48.5 Å². The van der Waals surface area contributed by atoms with E-state index >= 15 is 0 Å². The number of carboxylic acids is 1. The molecule has 0 fully saturated rings. The molecule has 3 N–H and O–H groups in total. The molecular weight excluding hydrogens is 354 g/mol. The first-order chi connectivity index (χ1) is 12.1. The lowest BCUT2D eigenvalue weighted by atomic mass is 10.1. The number of aliphatic carboxylic acids is 1. The fraction of sp³-hybridized carbons (Fsp3) is 0.350. The summed E-state index contributed by atoms with van der Waals surface area (Å²) in [4.78, 5) is 11.1. The Morgan fingerprint density at radius 3 is 2.27 bits per heavy atom. The molecule has 142 valence electrons. The van der Waals surface area contributed by atoms with Crippen LogP contribution in [-0.4, -0.2) is 30.4 Å². The van der Waals surface area contributed by atoms with Crippen LogP contribution in [-0.2, 0) is 22.4 Å². The molecule has 26 heavy (non-hydrogen) atoms. The predicted octanol–water partition coefficient (Wildman–Crippen LogP) is 3.73. The van der Waals surface area contributed by atoms with Gasteiger partial charge in [0, 0.05) is 18.7 Å². The number of anilines is 1. The normalized spacial score (nSPS) is 11.4. The number of aryl methyl sites for hydroxylation is 1. The molecule has 0 saturated carbocycles. The third-order valence-corrected chi connectivity index (χ3v) is 3.85. The first-order valence-electron chi connectivity index (χ1n) is 8.49. The van der Waals surface area contributed by atoms with Crippen LogP contribution in [0.15, 0.2) is 48.5 Å². The average Bonchev–Trinajstić information content (AvgIpc) is 2.61. The van der Waals surface area contributed by atoms with Crippen LogP contribution in [0.5, 0.6) is 5.75 Å². The topological polar surface area (TPSA) is 81.8 Å². The molecule has 0 bridgehead atoms. The molecule has 5 nitrogen and oxygen atoms in total. The number of nitrogens with two attached hydrogens (primary N) is 1. The smallest absolute Gasteiger partial charge is 0.333 e. The largest absolute Gasteiger partial charge is 0.494 e. The quantitative estimate of drug-likeness (QED) is 0.485. The first-order valence-corrected chi connectivity index (χ1v) is 8.49. The van der Waals surface area contributed by atoms with Gasteiger partial charge in [-0.25, -0.2) is 4.79 Å². The molecule has 2 aromatic carbocycles. The Balaban J connectivity index is 0.00000338. The molecule has 0 saturated heterocycles. The second-order valence-corrected chi connectivity index (χ2v) is 5.82. The molecule has 1 unspecified atom stereocenters. The van der Waals surface area contributed by atoms with Crippen LogP contribution < -0.4 is 10.5 Å². The number of halogens is 1. The second kappa shape index (κ2) is 11.4. The number of rotatable bonds is 10. The van der Waals surface area contributed by atoms with Gasteiger partial charge in [0.2, 0.25) is 0 Å². The van der Waals surface area contributed by atoms with Crippen LogP contribution in [0, 0.1) is 0 Å². The van der Waals surface area contributed by atoms with Gasteiger partial charge in [0.25, 0.3) is 0 Å².